The first-order chi connectivity index (χ1) is 23.6. The van der Waals surface area contributed by atoms with Gasteiger partial charge in [0, 0.05) is 32.2 Å². The van der Waals surface area contributed by atoms with Gasteiger partial charge in [0.1, 0.15) is 18.1 Å². The number of ketones is 1. The van der Waals surface area contributed by atoms with Crippen LogP contribution in [0.25, 0.3) is 11.1 Å². The molecule has 10 nitrogen and oxygen atoms in total. The van der Waals surface area contributed by atoms with Crippen molar-refractivity contribution in [1.82, 2.24) is 5.32 Å². The summed E-state index contributed by atoms with van der Waals surface area (Å²) in [5.41, 5.74) is 3.12. The maximum atomic E-state index is 12.6. The van der Waals surface area contributed by atoms with Crippen molar-refractivity contribution in [3.8, 4) is 16.9 Å². The third-order valence-electron chi connectivity index (χ3n) is 8.71. The summed E-state index contributed by atoms with van der Waals surface area (Å²) in [6, 6.07) is 24.0. The fourth-order valence-corrected chi connectivity index (χ4v) is 5.56. The largest absolute Gasteiger partial charge is 0.484 e. The minimum absolute atomic E-state index is 0.0332. The molecule has 1 aliphatic rings. The van der Waals surface area contributed by atoms with Crippen molar-refractivity contribution in [1.29, 1.82) is 0 Å². The summed E-state index contributed by atoms with van der Waals surface area (Å²) >= 11 is 0. The molecule has 4 rings (SSSR count). The monoisotopic (exact) mass is 673 g/mol. The van der Waals surface area contributed by atoms with Crippen LogP contribution in [0.15, 0.2) is 78.9 Å². The number of hydrogen-bond acceptors (Lipinski definition) is 9. The second kappa shape index (κ2) is 18.9. The Balaban J connectivity index is 1.10. The second-order valence-electron chi connectivity index (χ2n) is 12.4. The van der Waals surface area contributed by atoms with Crippen LogP contribution in [0.2, 0.25) is 0 Å². The molecule has 3 aromatic rings. The van der Waals surface area contributed by atoms with Gasteiger partial charge in [0.05, 0.1) is 18.3 Å². The Kier molecular flexibility index (Phi) is 14.3. The van der Waals surface area contributed by atoms with Crippen molar-refractivity contribution in [2.75, 3.05) is 19.8 Å². The zero-order chi connectivity index (χ0) is 35.2. The molecular formula is C39H47NO9. The number of carbonyl (C=O) groups excluding carboxylic acids is 4. The third kappa shape index (κ3) is 11.8. The van der Waals surface area contributed by atoms with Crippen molar-refractivity contribution in [2.24, 2.45) is 11.8 Å². The molecule has 262 valence electrons. The Hall–Kier alpha value is -4.54. The predicted octanol–water partition coefficient (Wildman–Crippen LogP) is 6.30. The normalized spacial score (nSPS) is 20.2. The van der Waals surface area contributed by atoms with Crippen molar-refractivity contribution >= 4 is 23.6 Å². The zero-order valence-electron chi connectivity index (χ0n) is 28.7. The van der Waals surface area contributed by atoms with E-state index < -0.39 is 18.4 Å². The number of benzene rings is 3. The Morgan fingerprint density at radius 1 is 0.816 bits per heavy atom. The van der Waals surface area contributed by atoms with Crippen LogP contribution in [0, 0.1) is 11.8 Å². The molecule has 0 saturated carbocycles. The number of hydrogen-bond donors (Lipinski definition) is 1. The van der Waals surface area contributed by atoms with Gasteiger partial charge in [-0.15, -0.1) is 0 Å². The number of rotatable bonds is 17. The summed E-state index contributed by atoms with van der Waals surface area (Å²) in [5, 5.41) is 2.78. The molecule has 1 amide bonds. The maximum Gasteiger partial charge on any atom is 0.338 e. The summed E-state index contributed by atoms with van der Waals surface area (Å²) in [4.78, 5) is 48.8. The number of nitrogens with one attached hydrogen (secondary N) is 1. The highest BCUT2D eigenvalue weighted by Gasteiger charge is 2.42. The molecule has 1 fully saturated rings. The third-order valence-corrected chi connectivity index (χ3v) is 8.71. The SMILES string of the molecule is CC(=O)O[C@@H]1C(OCCCC(=O)CCCNC(=O)COc2ccc(-c3cccc(C(=O)OCc4ccccc4)c3)cc2)O[C@@H](C)[C@H](C)C1C. The van der Waals surface area contributed by atoms with Crippen LogP contribution in [0.4, 0.5) is 0 Å². The highest BCUT2D eigenvalue weighted by Crippen LogP contribution is 2.33. The molecule has 1 aliphatic heterocycles. The molecule has 2 unspecified atom stereocenters. The van der Waals surface area contributed by atoms with E-state index >= 15 is 0 Å². The molecular weight excluding hydrogens is 626 g/mol. The van der Waals surface area contributed by atoms with Gasteiger partial charge in [-0.2, -0.15) is 0 Å². The van der Waals surface area contributed by atoms with Crippen molar-refractivity contribution in [3.63, 3.8) is 0 Å². The second-order valence-corrected chi connectivity index (χ2v) is 12.4. The Bertz CT molecular complexity index is 1520. The minimum Gasteiger partial charge on any atom is -0.484 e. The van der Waals surface area contributed by atoms with E-state index in [0.29, 0.717) is 50.1 Å². The molecule has 0 spiro atoms. The molecule has 0 bridgehead atoms. The number of esters is 2. The minimum atomic E-state index is -0.657. The summed E-state index contributed by atoms with van der Waals surface area (Å²) in [7, 11) is 0. The van der Waals surface area contributed by atoms with Gasteiger partial charge in [-0.05, 0) is 66.6 Å². The van der Waals surface area contributed by atoms with Gasteiger partial charge in [0.15, 0.2) is 19.0 Å². The van der Waals surface area contributed by atoms with E-state index in [1.54, 1.807) is 24.3 Å². The lowest BCUT2D eigenvalue weighted by Gasteiger charge is -2.42. The van der Waals surface area contributed by atoms with Crippen LogP contribution in [-0.2, 0) is 39.9 Å². The fraction of sp³-hybridized carbons (Fsp3) is 0.436. The highest BCUT2D eigenvalue weighted by molar-refractivity contribution is 5.91. The van der Waals surface area contributed by atoms with Crippen LogP contribution in [0.5, 0.6) is 5.75 Å². The van der Waals surface area contributed by atoms with E-state index in [2.05, 4.69) is 12.2 Å². The van der Waals surface area contributed by atoms with Crippen LogP contribution in [-0.4, -0.2) is 61.9 Å². The van der Waals surface area contributed by atoms with E-state index in [4.69, 9.17) is 23.7 Å². The van der Waals surface area contributed by atoms with Gasteiger partial charge < -0.3 is 29.0 Å². The summed E-state index contributed by atoms with van der Waals surface area (Å²) in [5.74, 6) is -0.137. The molecule has 1 N–H and O–H groups in total. The molecule has 49 heavy (non-hydrogen) atoms. The van der Waals surface area contributed by atoms with Crippen molar-refractivity contribution in [2.45, 2.75) is 78.5 Å². The molecule has 0 aromatic heterocycles. The van der Waals surface area contributed by atoms with E-state index in [1.165, 1.54) is 6.92 Å². The number of Topliss-reactive ketones (excluding diaryl/α,β-unsaturated/α-hetero) is 1. The number of ether oxygens (including phenoxy) is 5. The van der Waals surface area contributed by atoms with Crippen LogP contribution in [0.1, 0.15) is 69.3 Å². The summed E-state index contributed by atoms with van der Waals surface area (Å²) in [6.45, 7) is 8.17. The topological polar surface area (TPSA) is 126 Å². The van der Waals surface area contributed by atoms with E-state index in [9.17, 15) is 19.2 Å². The predicted molar refractivity (Wildman–Crippen MR) is 184 cm³/mol. The Morgan fingerprint density at radius 2 is 1.55 bits per heavy atom. The Labute approximate surface area is 288 Å². The smallest absolute Gasteiger partial charge is 0.338 e. The lowest BCUT2D eigenvalue weighted by molar-refractivity contribution is -0.271. The molecule has 0 radical (unpaired) electrons. The first-order valence-electron chi connectivity index (χ1n) is 16.9. The van der Waals surface area contributed by atoms with Crippen LogP contribution in [0.3, 0.4) is 0 Å². The lowest BCUT2D eigenvalue weighted by atomic mass is 9.84. The first-order valence-corrected chi connectivity index (χ1v) is 16.9. The van der Waals surface area contributed by atoms with Crippen LogP contribution < -0.4 is 10.1 Å². The number of amides is 1. The summed E-state index contributed by atoms with van der Waals surface area (Å²) < 4.78 is 28.4. The van der Waals surface area contributed by atoms with Crippen molar-refractivity contribution in [3.05, 3.63) is 90.0 Å². The average Bonchev–Trinajstić information content (AvgIpc) is 3.11. The molecule has 1 saturated heterocycles. The molecule has 0 aliphatic carbocycles. The van der Waals surface area contributed by atoms with Crippen LogP contribution >= 0.6 is 0 Å². The molecule has 5 atom stereocenters. The van der Waals surface area contributed by atoms with Gasteiger partial charge in [-0.3, -0.25) is 14.4 Å². The van der Waals surface area contributed by atoms with Gasteiger partial charge in [-0.25, -0.2) is 4.79 Å². The fourth-order valence-electron chi connectivity index (χ4n) is 5.56. The van der Waals surface area contributed by atoms with Gasteiger partial charge in [-0.1, -0.05) is 68.4 Å². The standard InChI is InChI=1S/C39H47NO9/c1-26-27(2)37(49-29(4)41)39(48-28(26)3)45-22-10-16-34(42)15-9-21-40-36(43)25-46-35-19-17-31(18-20-35)32-13-8-14-33(23-32)38(44)47-24-30-11-6-5-7-12-30/h5-8,11-14,17-20,23,26-28,37,39H,9-10,15-16,21-22,24-25H2,1-4H3,(H,40,43)/t26-,27?,28+,37+,39?/m1/s1. The van der Waals surface area contributed by atoms with Crippen molar-refractivity contribution < 1.29 is 42.9 Å². The van der Waals surface area contributed by atoms with E-state index in [-0.39, 0.29) is 48.8 Å². The molecule has 10 heteroatoms. The molecule has 3 aromatic carbocycles. The summed E-state index contributed by atoms with van der Waals surface area (Å²) in [6.07, 6.45) is 0.559. The lowest BCUT2D eigenvalue weighted by Crippen LogP contribution is -2.51. The van der Waals surface area contributed by atoms with E-state index in [1.807, 2.05) is 68.4 Å². The van der Waals surface area contributed by atoms with Gasteiger partial charge >= 0.3 is 11.9 Å². The van der Waals surface area contributed by atoms with Gasteiger partial charge in [0.25, 0.3) is 5.91 Å². The number of carbonyl (C=O) groups is 4. The van der Waals surface area contributed by atoms with Gasteiger partial charge in [0.2, 0.25) is 0 Å². The Morgan fingerprint density at radius 3 is 2.29 bits per heavy atom. The molecule has 1 heterocycles. The highest BCUT2D eigenvalue weighted by atomic mass is 16.7. The average molecular weight is 674 g/mol. The zero-order valence-corrected chi connectivity index (χ0v) is 28.7. The maximum absolute atomic E-state index is 12.6. The first kappa shape index (κ1) is 37.3. The van der Waals surface area contributed by atoms with E-state index in [0.717, 1.165) is 16.7 Å². The quantitative estimate of drug-likeness (QED) is 0.130.